The van der Waals surface area contributed by atoms with Crippen molar-refractivity contribution < 1.29 is 14.6 Å². The van der Waals surface area contributed by atoms with Crippen molar-refractivity contribution in [1.82, 2.24) is 4.90 Å². The standard InChI is InChI=1S/C11H23NO3/c1-4-6-12(7-5-2)9-10(15-3)8-11(13)14/h10H,4-9H2,1-3H3,(H,13,14). The molecule has 0 saturated heterocycles. The van der Waals surface area contributed by atoms with E-state index >= 15 is 0 Å². The van der Waals surface area contributed by atoms with E-state index in [1.165, 1.54) is 0 Å². The number of ether oxygens (including phenoxy) is 1. The van der Waals surface area contributed by atoms with Crippen LogP contribution in [0.4, 0.5) is 0 Å². The second-order valence-corrected chi connectivity index (χ2v) is 3.76. The Balaban J connectivity index is 4.02. The number of hydrogen-bond donors (Lipinski definition) is 1. The third-order valence-electron chi connectivity index (χ3n) is 2.28. The molecule has 0 amide bonds. The quantitative estimate of drug-likeness (QED) is 0.637. The molecule has 0 aromatic rings. The Labute approximate surface area is 92.2 Å². The summed E-state index contributed by atoms with van der Waals surface area (Å²) in [6.45, 7) is 6.98. The van der Waals surface area contributed by atoms with Crippen LogP contribution in [0.1, 0.15) is 33.1 Å². The fourth-order valence-electron chi connectivity index (χ4n) is 1.63. The van der Waals surface area contributed by atoms with Crippen LogP contribution in [0.2, 0.25) is 0 Å². The van der Waals surface area contributed by atoms with Gasteiger partial charge in [0.2, 0.25) is 0 Å². The van der Waals surface area contributed by atoms with Crippen LogP contribution < -0.4 is 0 Å². The zero-order valence-electron chi connectivity index (χ0n) is 10.0. The van der Waals surface area contributed by atoms with Gasteiger partial charge in [-0.15, -0.1) is 0 Å². The summed E-state index contributed by atoms with van der Waals surface area (Å²) in [5, 5.41) is 8.69. The number of methoxy groups -OCH3 is 1. The molecule has 0 saturated carbocycles. The van der Waals surface area contributed by atoms with Crippen molar-refractivity contribution in [2.24, 2.45) is 0 Å². The monoisotopic (exact) mass is 217 g/mol. The van der Waals surface area contributed by atoms with E-state index in [1.54, 1.807) is 7.11 Å². The molecule has 0 radical (unpaired) electrons. The number of aliphatic carboxylic acids is 1. The summed E-state index contributed by atoms with van der Waals surface area (Å²) < 4.78 is 5.16. The first-order valence-electron chi connectivity index (χ1n) is 5.60. The lowest BCUT2D eigenvalue weighted by Gasteiger charge is -2.25. The molecule has 4 nitrogen and oxygen atoms in total. The number of nitrogens with zero attached hydrogens (tertiary/aromatic N) is 1. The van der Waals surface area contributed by atoms with E-state index in [2.05, 4.69) is 18.7 Å². The van der Waals surface area contributed by atoms with Gasteiger partial charge in [-0.2, -0.15) is 0 Å². The first kappa shape index (κ1) is 14.4. The van der Waals surface area contributed by atoms with Gasteiger partial charge in [0.05, 0.1) is 12.5 Å². The van der Waals surface area contributed by atoms with Crippen LogP contribution in [0.3, 0.4) is 0 Å². The van der Waals surface area contributed by atoms with Gasteiger partial charge in [0.15, 0.2) is 0 Å². The lowest BCUT2D eigenvalue weighted by atomic mass is 10.2. The Kier molecular flexibility index (Phi) is 8.33. The smallest absolute Gasteiger partial charge is 0.306 e. The average Bonchev–Trinajstić information content (AvgIpc) is 2.16. The van der Waals surface area contributed by atoms with Crippen molar-refractivity contribution in [1.29, 1.82) is 0 Å². The molecule has 0 aromatic heterocycles. The van der Waals surface area contributed by atoms with Crippen LogP contribution in [0.15, 0.2) is 0 Å². The normalized spacial score (nSPS) is 13.1. The maximum atomic E-state index is 10.6. The minimum absolute atomic E-state index is 0.0838. The Hall–Kier alpha value is -0.610. The Morgan fingerprint density at radius 1 is 1.33 bits per heavy atom. The summed E-state index contributed by atoms with van der Waals surface area (Å²) in [6.07, 6.45) is 2.06. The van der Waals surface area contributed by atoms with Gasteiger partial charge in [-0.3, -0.25) is 4.79 Å². The maximum absolute atomic E-state index is 10.6. The fraction of sp³-hybridized carbons (Fsp3) is 0.909. The average molecular weight is 217 g/mol. The molecule has 0 spiro atoms. The summed E-state index contributed by atoms with van der Waals surface area (Å²) in [6, 6.07) is 0. The van der Waals surface area contributed by atoms with Crippen molar-refractivity contribution in [2.75, 3.05) is 26.7 Å². The highest BCUT2D eigenvalue weighted by Gasteiger charge is 2.15. The Morgan fingerprint density at radius 2 is 1.87 bits per heavy atom. The molecule has 0 rings (SSSR count). The second kappa shape index (κ2) is 8.68. The Morgan fingerprint density at radius 3 is 2.20 bits per heavy atom. The van der Waals surface area contributed by atoms with Gasteiger partial charge in [0.25, 0.3) is 0 Å². The number of carbonyl (C=O) groups is 1. The lowest BCUT2D eigenvalue weighted by molar-refractivity contribution is -0.140. The van der Waals surface area contributed by atoms with E-state index in [0.717, 1.165) is 25.9 Å². The zero-order valence-corrected chi connectivity index (χ0v) is 10.0. The summed E-state index contributed by atoms with van der Waals surface area (Å²) >= 11 is 0. The molecule has 0 aliphatic carbocycles. The first-order chi connectivity index (χ1) is 7.13. The van der Waals surface area contributed by atoms with Crippen LogP contribution in [0.5, 0.6) is 0 Å². The van der Waals surface area contributed by atoms with Crippen molar-refractivity contribution in [2.45, 2.75) is 39.2 Å². The minimum Gasteiger partial charge on any atom is -0.481 e. The Bertz CT molecular complexity index is 167. The molecule has 1 unspecified atom stereocenters. The molecule has 0 aliphatic rings. The van der Waals surface area contributed by atoms with Gasteiger partial charge in [0.1, 0.15) is 0 Å². The molecule has 15 heavy (non-hydrogen) atoms. The highest BCUT2D eigenvalue weighted by Crippen LogP contribution is 2.03. The SMILES string of the molecule is CCCN(CCC)CC(CC(=O)O)OC. The number of rotatable bonds is 9. The summed E-state index contributed by atoms with van der Waals surface area (Å²) in [4.78, 5) is 12.8. The molecule has 0 aromatic carbocycles. The van der Waals surface area contributed by atoms with E-state index in [4.69, 9.17) is 9.84 Å². The second-order valence-electron chi connectivity index (χ2n) is 3.76. The molecule has 0 heterocycles. The third kappa shape index (κ3) is 7.33. The van der Waals surface area contributed by atoms with Gasteiger partial charge in [-0.05, 0) is 25.9 Å². The third-order valence-corrected chi connectivity index (χ3v) is 2.28. The molecular formula is C11H23NO3. The molecular weight excluding hydrogens is 194 g/mol. The van der Waals surface area contributed by atoms with Crippen molar-refractivity contribution in [3.8, 4) is 0 Å². The minimum atomic E-state index is -0.796. The summed E-state index contributed by atoms with van der Waals surface area (Å²) in [7, 11) is 1.57. The van der Waals surface area contributed by atoms with Gasteiger partial charge in [-0.1, -0.05) is 13.8 Å². The van der Waals surface area contributed by atoms with Crippen molar-refractivity contribution in [3.63, 3.8) is 0 Å². The molecule has 90 valence electrons. The van der Waals surface area contributed by atoms with Crippen LogP contribution in [-0.4, -0.2) is 48.8 Å². The molecule has 0 fully saturated rings. The molecule has 0 aliphatic heterocycles. The predicted octanol–water partition coefficient (Wildman–Crippen LogP) is 1.60. The largest absolute Gasteiger partial charge is 0.481 e. The number of hydrogen-bond acceptors (Lipinski definition) is 3. The summed E-state index contributed by atoms with van der Waals surface area (Å²) in [5.74, 6) is -0.796. The molecule has 1 N–H and O–H groups in total. The maximum Gasteiger partial charge on any atom is 0.306 e. The van der Waals surface area contributed by atoms with Crippen molar-refractivity contribution in [3.05, 3.63) is 0 Å². The van der Waals surface area contributed by atoms with Gasteiger partial charge in [0, 0.05) is 13.7 Å². The van der Waals surface area contributed by atoms with E-state index in [1.807, 2.05) is 0 Å². The number of carboxylic acids is 1. The highest BCUT2D eigenvalue weighted by molar-refractivity contribution is 5.67. The fourth-order valence-corrected chi connectivity index (χ4v) is 1.63. The van der Waals surface area contributed by atoms with Gasteiger partial charge < -0.3 is 14.7 Å². The molecule has 0 bridgehead atoms. The van der Waals surface area contributed by atoms with Gasteiger partial charge in [-0.25, -0.2) is 0 Å². The van der Waals surface area contributed by atoms with Crippen LogP contribution >= 0.6 is 0 Å². The van der Waals surface area contributed by atoms with Crippen LogP contribution in [0.25, 0.3) is 0 Å². The molecule has 1 atom stereocenters. The van der Waals surface area contributed by atoms with Gasteiger partial charge >= 0.3 is 5.97 Å². The van der Waals surface area contributed by atoms with E-state index in [0.29, 0.717) is 6.54 Å². The van der Waals surface area contributed by atoms with E-state index in [9.17, 15) is 4.79 Å². The number of carboxylic acid groups (broad SMARTS) is 1. The zero-order chi connectivity index (χ0) is 11.7. The first-order valence-corrected chi connectivity index (χ1v) is 5.60. The van der Waals surface area contributed by atoms with Crippen LogP contribution in [0, 0.1) is 0 Å². The lowest BCUT2D eigenvalue weighted by Crippen LogP contribution is -2.35. The summed E-state index contributed by atoms with van der Waals surface area (Å²) in [5.41, 5.74) is 0. The van der Waals surface area contributed by atoms with Crippen LogP contribution in [-0.2, 0) is 9.53 Å². The topological polar surface area (TPSA) is 49.8 Å². The molecule has 4 heteroatoms. The predicted molar refractivity (Wildman–Crippen MR) is 60.1 cm³/mol. The van der Waals surface area contributed by atoms with E-state index in [-0.39, 0.29) is 12.5 Å². The van der Waals surface area contributed by atoms with Crippen molar-refractivity contribution >= 4 is 5.97 Å². The highest BCUT2D eigenvalue weighted by atomic mass is 16.5. The van der Waals surface area contributed by atoms with E-state index < -0.39 is 5.97 Å².